The van der Waals surface area contributed by atoms with Gasteiger partial charge < -0.3 is 9.47 Å². The van der Waals surface area contributed by atoms with Crippen molar-refractivity contribution in [1.29, 1.82) is 0 Å². The van der Waals surface area contributed by atoms with Gasteiger partial charge in [-0.1, -0.05) is 23.5 Å². The number of ether oxygens (including phenoxy) is 2. The summed E-state index contributed by atoms with van der Waals surface area (Å²) in [6, 6.07) is 14.1. The van der Waals surface area contributed by atoms with E-state index >= 15 is 0 Å². The van der Waals surface area contributed by atoms with Crippen molar-refractivity contribution >= 4 is 44.2 Å². The summed E-state index contributed by atoms with van der Waals surface area (Å²) in [4.78, 5) is 18.8. The maximum absolute atomic E-state index is 13.4. The SMILES string of the molecule is CCOc1ccc2ccc(OCC)c(/C=c3\sc4nc5cc(C)c(C)cc5n4c3=O)c2c1. The molecule has 0 aliphatic rings. The minimum Gasteiger partial charge on any atom is -0.494 e. The van der Waals surface area contributed by atoms with Gasteiger partial charge in [0.2, 0.25) is 0 Å². The van der Waals surface area contributed by atoms with E-state index in [4.69, 9.17) is 14.5 Å². The first-order valence-electron chi connectivity index (χ1n) is 10.8. The van der Waals surface area contributed by atoms with Crippen LogP contribution in [0, 0.1) is 13.8 Å². The molecule has 0 spiro atoms. The highest BCUT2D eigenvalue weighted by Gasteiger charge is 2.14. The number of hydrogen-bond donors (Lipinski definition) is 0. The normalized spacial score (nSPS) is 12.3. The van der Waals surface area contributed by atoms with E-state index < -0.39 is 0 Å². The molecular weight excluding hydrogens is 420 g/mol. The Hall–Kier alpha value is -3.38. The van der Waals surface area contributed by atoms with Crippen LogP contribution < -0.4 is 19.6 Å². The first kappa shape index (κ1) is 20.5. The van der Waals surface area contributed by atoms with Gasteiger partial charge in [-0.2, -0.15) is 0 Å². The van der Waals surface area contributed by atoms with Crippen LogP contribution in [0.5, 0.6) is 11.5 Å². The smallest absolute Gasteiger partial charge is 0.274 e. The Labute approximate surface area is 189 Å². The van der Waals surface area contributed by atoms with Crippen LogP contribution in [0.4, 0.5) is 0 Å². The fourth-order valence-corrected chi connectivity index (χ4v) is 5.01. The molecule has 0 aliphatic heterocycles. The topological polar surface area (TPSA) is 52.8 Å². The zero-order valence-electron chi connectivity index (χ0n) is 18.6. The number of hydrogen-bond acceptors (Lipinski definition) is 5. The lowest BCUT2D eigenvalue weighted by Crippen LogP contribution is -2.22. The summed E-state index contributed by atoms with van der Waals surface area (Å²) in [6.07, 6.45) is 1.93. The Kier molecular flexibility index (Phi) is 5.10. The van der Waals surface area contributed by atoms with Gasteiger partial charge in [0.25, 0.3) is 5.56 Å². The molecule has 6 heteroatoms. The van der Waals surface area contributed by atoms with E-state index in [1.165, 1.54) is 16.9 Å². The fourth-order valence-electron chi connectivity index (χ4n) is 4.04. The molecule has 0 saturated heterocycles. The number of imidazole rings is 1. The van der Waals surface area contributed by atoms with Crippen LogP contribution >= 0.6 is 11.3 Å². The van der Waals surface area contributed by atoms with Crippen LogP contribution in [-0.4, -0.2) is 22.6 Å². The van der Waals surface area contributed by atoms with Crippen LogP contribution in [0.1, 0.15) is 30.5 Å². The Balaban J connectivity index is 1.80. The lowest BCUT2D eigenvalue weighted by molar-refractivity contribution is 0.339. The molecule has 0 fully saturated rings. The summed E-state index contributed by atoms with van der Waals surface area (Å²) in [5.41, 5.74) is 4.84. The van der Waals surface area contributed by atoms with Gasteiger partial charge in [-0.25, -0.2) is 9.38 Å². The number of rotatable bonds is 5. The molecule has 2 heterocycles. The Morgan fingerprint density at radius 3 is 2.53 bits per heavy atom. The van der Waals surface area contributed by atoms with Crippen LogP contribution in [0.15, 0.2) is 47.3 Å². The Bertz CT molecular complexity index is 1590. The van der Waals surface area contributed by atoms with Crippen molar-refractivity contribution in [3.63, 3.8) is 0 Å². The lowest BCUT2D eigenvalue weighted by atomic mass is 10.0. The van der Waals surface area contributed by atoms with Crippen LogP contribution in [0.2, 0.25) is 0 Å². The molecule has 0 unspecified atom stereocenters. The second-order valence-electron chi connectivity index (χ2n) is 7.80. The maximum atomic E-state index is 13.4. The summed E-state index contributed by atoms with van der Waals surface area (Å²) >= 11 is 1.40. The third-order valence-electron chi connectivity index (χ3n) is 5.74. The zero-order valence-corrected chi connectivity index (χ0v) is 19.4. The van der Waals surface area contributed by atoms with Gasteiger partial charge in [-0.3, -0.25) is 4.79 Å². The van der Waals surface area contributed by atoms with E-state index in [-0.39, 0.29) is 5.56 Å². The quantitative estimate of drug-likeness (QED) is 0.382. The zero-order chi connectivity index (χ0) is 22.4. The maximum Gasteiger partial charge on any atom is 0.274 e. The fraction of sp³-hybridized carbons (Fsp3) is 0.231. The number of nitrogens with zero attached hydrogens (tertiary/aromatic N) is 2. The largest absolute Gasteiger partial charge is 0.494 e. The first-order chi connectivity index (χ1) is 15.5. The van der Waals surface area contributed by atoms with Gasteiger partial charge in [-0.05, 0) is 86.0 Å². The standard InChI is InChI=1S/C26H24N2O3S/c1-5-30-18-9-7-17-8-10-23(31-6-2)20(19(17)13-18)14-24-25(29)28-22-12-16(4)15(3)11-21(22)27-26(28)32-24/h7-14H,5-6H2,1-4H3/b24-14-. The summed E-state index contributed by atoms with van der Waals surface area (Å²) in [6.45, 7) is 9.17. The van der Waals surface area contributed by atoms with E-state index in [0.29, 0.717) is 22.7 Å². The molecule has 0 amide bonds. The summed E-state index contributed by atoms with van der Waals surface area (Å²) in [5.74, 6) is 1.54. The predicted octanol–water partition coefficient (Wildman–Crippen LogP) is 5.02. The minimum atomic E-state index is -0.0591. The average molecular weight is 445 g/mol. The van der Waals surface area contributed by atoms with Crippen molar-refractivity contribution in [3.05, 3.63) is 74.0 Å². The number of fused-ring (bicyclic) bond motifs is 4. The molecule has 32 heavy (non-hydrogen) atoms. The molecule has 0 N–H and O–H groups in total. The van der Waals surface area contributed by atoms with Crippen molar-refractivity contribution in [2.24, 2.45) is 0 Å². The molecule has 5 aromatic rings. The molecule has 3 aromatic carbocycles. The van der Waals surface area contributed by atoms with E-state index in [1.54, 1.807) is 4.40 Å². The molecule has 2 aromatic heterocycles. The molecule has 0 bridgehead atoms. The first-order valence-corrected chi connectivity index (χ1v) is 11.6. The number of aromatic nitrogens is 2. The van der Waals surface area contributed by atoms with Gasteiger partial charge in [0.15, 0.2) is 4.96 Å². The monoisotopic (exact) mass is 444 g/mol. The molecule has 162 valence electrons. The van der Waals surface area contributed by atoms with Crippen molar-refractivity contribution in [2.45, 2.75) is 27.7 Å². The Morgan fingerprint density at radius 1 is 1.00 bits per heavy atom. The molecule has 0 radical (unpaired) electrons. The van der Waals surface area contributed by atoms with Gasteiger partial charge in [0.05, 0.1) is 28.8 Å². The lowest BCUT2D eigenvalue weighted by Gasteiger charge is -2.12. The number of benzene rings is 3. The Morgan fingerprint density at radius 2 is 1.75 bits per heavy atom. The predicted molar refractivity (Wildman–Crippen MR) is 131 cm³/mol. The van der Waals surface area contributed by atoms with E-state index in [1.807, 2.05) is 62.4 Å². The average Bonchev–Trinajstić information content (AvgIpc) is 3.26. The van der Waals surface area contributed by atoms with Crippen molar-refractivity contribution < 1.29 is 9.47 Å². The molecular formula is C26H24N2O3S. The van der Waals surface area contributed by atoms with Gasteiger partial charge >= 0.3 is 0 Å². The van der Waals surface area contributed by atoms with Crippen molar-refractivity contribution in [3.8, 4) is 11.5 Å². The second kappa shape index (κ2) is 7.95. The van der Waals surface area contributed by atoms with Gasteiger partial charge in [0.1, 0.15) is 11.5 Å². The highest BCUT2D eigenvalue weighted by atomic mass is 32.1. The molecule has 5 nitrogen and oxygen atoms in total. The highest BCUT2D eigenvalue weighted by Crippen LogP contribution is 2.32. The second-order valence-corrected chi connectivity index (χ2v) is 8.81. The van der Waals surface area contributed by atoms with Crippen LogP contribution in [0.25, 0.3) is 32.8 Å². The van der Waals surface area contributed by atoms with E-state index in [9.17, 15) is 4.79 Å². The summed E-state index contributed by atoms with van der Waals surface area (Å²) in [5, 5.41) is 2.05. The highest BCUT2D eigenvalue weighted by molar-refractivity contribution is 7.15. The third-order valence-corrected chi connectivity index (χ3v) is 6.70. The number of aryl methyl sites for hydroxylation is 2. The van der Waals surface area contributed by atoms with Gasteiger partial charge in [0, 0.05) is 5.56 Å². The summed E-state index contributed by atoms with van der Waals surface area (Å²) < 4.78 is 14.0. The molecule has 0 atom stereocenters. The number of thiazole rings is 1. The minimum absolute atomic E-state index is 0.0591. The van der Waals surface area contributed by atoms with E-state index in [0.717, 1.165) is 44.4 Å². The van der Waals surface area contributed by atoms with Crippen LogP contribution in [0.3, 0.4) is 0 Å². The summed E-state index contributed by atoms with van der Waals surface area (Å²) in [7, 11) is 0. The molecule has 0 aliphatic carbocycles. The van der Waals surface area contributed by atoms with Crippen molar-refractivity contribution in [1.82, 2.24) is 9.38 Å². The third kappa shape index (κ3) is 3.31. The van der Waals surface area contributed by atoms with E-state index in [2.05, 4.69) is 13.8 Å². The van der Waals surface area contributed by atoms with Crippen molar-refractivity contribution in [2.75, 3.05) is 13.2 Å². The molecule has 0 saturated carbocycles. The van der Waals surface area contributed by atoms with Gasteiger partial charge in [-0.15, -0.1) is 0 Å². The van der Waals surface area contributed by atoms with Crippen LogP contribution in [-0.2, 0) is 0 Å². The molecule has 5 rings (SSSR count).